The Morgan fingerprint density at radius 1 is 1.03 bits per heavy atom. The van der Waals surface area contributed by atoms with Gasteiger partial charge in [0.05, 0.1) is 12.6 Å². The van der Waals surface area contributed by atoms with Crippen molar-refractivity contribution in [3.63, 3.8) is 0 Å². The van der Waals surface area contributed by atoms with Crippen LogP contribution in [0.4, 0.5) is 0 Å². The average molecular weight is 405 g/mol. The number of benzene rings is 2. The van der Waals surface area contributed by atoms with Gasteiger partial charge >= 0.3 is 0 Å². The number of aryl methyl sites for hydroxylation is 1. The predicted octanol–water partition coefficient (Wildman–Crippen LogP) is 2.88. The SMILES string of the molecule is Cc1ccccc1-c1ccc(C(=O)N2CC(=N)C[C@H]2C(=O)N2CCC(O)CC2)cc1. The third-order valence-electron chi connectivity index (χ3n) is 6.09. The molecule has 2 saturated heterocycles. The van der Waals surface area contributed by atoms with Crippen molar-refractivity contribution in [1.82, 2.24) is 9.80 Å². The lowest BCUT2D eigenvalue weighted by molar-refractivity contribution is -0.137. The van der Waals surface area contributed by atoms with Crippen LogP contribution in [0.3, 0.4) is 0 Å². The molecule has 0 aromatic heterocycles. The summed E-state index contributed by atoms with van der Waals surface area (Å²) in [4.78, 5) is 29.5. The summed E-state index contributed by atoms with van der Waals surface area (Å²) in [6.07, 6.45) is 1.04. The second-order valence-electron chi connectivity index (χ2n) is 8.21. The first-order valence-electron chi connectivity index (χ1n) is 10.4. The monoisotopic (exact) mass is 405 g/mol. The Labute approximate surface area is 176 Å². The summed E-state index contributed by atoms with van der Waals surface area (Å²) in [6.45, 7) is 3.24. The number of amides is 2. The maximum Gasteiger partial charge on any atom is 0.254 e. The summed E-state index contributed by atoms with van der Waals surface area (Å²) in [5, 5.41) is 17.8. The molecule has 0 unspecified atom stereocenters. The highest BCUT2D eigenvalue weighted by atomic mass is 16.3. The van der Waals surface area contributed by atoms with Crippen LogP contribution in [-0.4, -0.2) is 64.2 Å². The molecule has 156 valence electrons. The highest BCUT2D eigenvalue weighted by Gasteiger charge is 2.40. The first kappa shape index (κ1) is 20.3. The number of piperidine rings is 1. The lowest BCUT2D eigenvalue weighted by Crippen LogP contribution is -2.50. The van der Waals surface area contributed by atoms with E-state index < -0.39 is 6.04 Å². The molecule has 30 heavy (non-hydrogen) atoms. The van der Waals surface area contributed by atoms with Crippen molar-refractivity contribution in [1.29, 1.82) is 5.41 Å². The van der Waals surface area contributed by atoms with E-state index in [2.05, 4.69) is 19.1 Å². The van der Waals surface area contributed by atoms with Gasteiger partial charge in [0.15, 0.2) is 0 Å². The number of nitrogens with one attached hydrogen (secondary N) is 1. The molecule has 2 aliphatic heterocycles. The smallest absolute Gasteiger partial charge is 0.254 e. The third kappa shape index (κ3) is 4.00. The molecular weight excluding hydrogens is 378 g/mol. The summed E-state index contributed by atoms with van der Waals surface area (Å²) in [7, 11) is 0. The van der Waals surface area contributed by atoms with Gasteiger partial charge in [-0.15, -0.1) is 0 Å². The van der Waals surface area contributed by atoms with Gasteiger partial charge in [-0.1, -0.05) is 36.4 Å². The van der Waals surface area contributed by atoms with Crippen LogP contribution >= 0.6 is 0 Å². The summed E-state index contributed by atoms with van der Waals surface area (Å²) in [6, 6.07) is 14.9. The number of aliphatic hydroxyl groups excluding tert-OH is 1. The molecule has 6 heteroatoms. The molecule has 0 aliphatic carbocycles. The Kier molecular flexibility index (Phi) is 5.68. The molecule has 2 aromatic rings. The zero-order valence-electron chi connectivity index (χ0n) is 17.2. The number of rotatable bonds is 3. The normalized spacial score (nSPS) is 19.9. The minimum Gasteiger partial charge on any atom is -0.393 e. The Morgan fingerprint density at radius 2 is 1.70 bits per heavy atom. The van der Waals surface area contributed by atoms with E-state index in [0.29, 0.717) is 37.2 Å². The van der Waals surface area contributed by atoms with Gasteiger partial charge in [0, 0.05) is 30.8 Å². The zero-order valence-corrected chi connectivity index (χ0v) is 17.2. The van der Waals surface area contributed by atoms with Gasteiger partial charge in [-0.2, -0.15) is 0 Å². The molecule has 0 spiro atoms. The third-order valence-corrected chi connectivity index (χ3v) is 6.09. The maximum atomic E-state index is 13.2. The van der Waals surface area contributed by atoms with Gasteiger partial charge < -0.3 is 20.3 Å². The van der Waals surface area contributed by atoms with E-state index in [-0.39, 0.29) is 30.9 Å². The van der Waals surface area contributed by atoms with Crippen LogP contribution in [0.2, 0.25) is 0 Å². The predicted molar refractivity (Wildman–Crippen MR) is 116 cm³/mol. The molecule has 6 nitrogen and oxygen atoms in total. The van der Waals surface area contributed by atoms with E-state index in [1.807, 2.05) is 24.3 Å². The van der Waals surface area contributed by atoms with Gasteiger partial charge in [0.2, 0.25) is 5.91 Å². The van der Waals surface area contributed by atoms with Crippen molar-refractivity contribution < 1.29 is 14.7 Å². The molecule has 4 rings (SSSR count). The first-order chi connectivity index (χ1) is 14.4. The van der Waals surface area contributed by atoms with Crippen molar-refractivity contribution in [2.24, 2.45) is 0 Å². The van der Waals surface area contributed by atoms with Gasteiger partial charge in [-0.25, -0.2) is 0 Å². The van der Waals surface area contributed by atoms with Crippen LogP contribution in [0, 0.1) is 12.3 Å². The lowest BCUT2D eigenvalue weighted by Gasteiger charge is -2.34. The topological polar surface area (TPSA) is 84.7 Å². The standard InChI is InChI=1S/C24H27N3O3/c1-16-4-2-3-5-21(16)17-6-8-18(9-7-17)23(29)27-15-19(25)14-22(27)24(30)26-12-10-20(28)11-13-26/h2-9,20,22,25,28H,10-15H2,1H3/t22-/m0/s1. The summed E-state index contributed by atoms with van der Waals surface area (Å²) >= 11 is 0. The molecule has 2 amide bonds. The Balaban J connectivity index is 1.52. The number of likely N-dealkylation sites (tertiary alicyclic amines) is 2. The fourth-order valence-electron chi connectivity index (χ4n) is 4.31. The first-order valence-corrected chi connectivity index (χ1v) is 10.4. The van der Waals surface area contributed by atoms with Crippen LogP contribution in [0.1, 0.15) is 35.2 Å². The van der Waals surface area contributed by atoms with Gasteiger partial charge in [0.25, 0.3) is 5.91 Å². The number of hydrogen-bond acceptors (Lipinski definition) is 4. The van der Waals surface area contributed by atoms with Crippen molar-refractivity contribution in [3.05, 3.63) is 59.7 Å². The van der Waals surface area contributed by atoms with E-state index in [1.54, 1.807) is 17.0 Å². The van der Waals surface area contributed by atoms with E-state index in [4.69, 9.17) is 5.41 Å². The number of hydrogen-bond donors (Lipinski definition) is 2. The molecule has 1 atom stereocenters. The minimum atomic E-state index is -0.628. The quantitative estimate of drug-likeness (QED) is 0.824. The molecule has 2 fully saturated rings. The van der Waals surface area contributed by atoms with Crippen molar-refractivity contribution in [2.75, 3.05) is 19.6 Å². The van der Waals surface area contributed by atoms with Crippen LogP contribution in [0.25, 0.3) is 11.1 Å². The second-order valence-corrected chi connectivity index (χ2v) is 8.21. The molecule has 0 saturated carbocycles. The van der Waals surface area contributed by atoms with E-state index >= 15 is 0 Å². The number of carbonyl (C=O) groups is 2. The number of carbonyl (C=O) groups excluding carboxylic acids is 2. The Morgan fingerprint density at radius 3 is 2.37 bits per heavy atom. The van der Waals surface area contributed by atoms with Crippen LogP contribution in [0.15, 0.2) is 48.5 Å². The van der Waals surface area contributed by atoms with Crippen molar-refractivity contribution in [3.8, 4) is 11.1 Å². The maximum absolute atomic E-state index is 13.2. The largest absolute Gasteiger partial charge is 0.393 e. The van der Waals surface area contributed by atoms with E-state index in [0.717, 1.165) is 11.1 Å². The average Bonchev–Trinajstić information content (AvgIpc) is 3.15. The number of aliphatic hydroxyl groups is 1. The molecule has 2 aliphatic rings. The van der Waals surface area contributed by atoms with Crippen molar-refractivity contribution in [2.45, 2.75) is 38.3 Å². The lowest BCUT2D eigenvalue weighted by atomic mass is 9.99. The summed E-state index contributed by atoms with van der Waals surface area (Å²) in [5.41, 5.74) is 4.25. The van der Waals surface area contributed by atoms with Crippen LogP contribution in [0.5, 0.6) is 0 Å². The molecule has 0 radical (unpaired) electrons. The van der Waals surface area contributed by atoms with Crippen LogP contribution < -0.4 is 0 Å². The molecule has 2 heterocycles. The van der Waals surface area contributed by atoms with Gasteiger partial charge in [0.1, 0.15) is 6.04 Å². The zero-order chi connectivity index (χ0) is 21.3. The second kappa shape index (κ2) is 8.40. The van der Waals surface area contributed by atoms with Crippen LogP contribution in [-0.2, 0) is 4.79 Å². The number of nitrogens with zero attached hydrogens (tertiary/aromatic N) is 2. The molecule has 2 aromatic carbocycles. The van der Waals surface area contributed by atoms with Gasteiger partial charge in [-0.3, -0.25) is 9.59 Å². The summed E-state index contributed by atoms with van der Waals surface area (Å²) < 4.78 is 0. The summed E-state index contributed by atoms with van der Waals surface area (Å²) in [5.74, 6) is -0.335. The molecular formula is C24H27N3O3. The van der Waals surface area contributed by atoms with E-state index in [1.165, 1.54) is 10.5 Å². The molecule has 2 N–H and O–H groups in total. The Bertz CT molecular complexity index is 962. The van der Waals surface area contributed by atoms with E-state index in [9.17, 15) is 14.7 Å². The fraction of sp³-hybridized carbons (Fsp3) is 0.375. The molecule has 0 bridgehead atoms. The highest BCUT2D eigenvalue weighted by Crippen LogP contribution is 2.26. The van der Waals surface area contributed by atoms with Gasteiger partial charge in [-0.05, 0) is 48.6 Å². The Hall–Kier alpha value is -2.99. The van der Waals surface area contributed by atoms with Crippen molar-refractivity contribution >= 4 is 17.5 Å². The minimum absolute atomic E-state index is 0.117. The highest BCUT2D eigenvalue weighted by molar-refractivity contribution is 6.04. The fourth-order valence-corrected chi connectivity index (χ4v) is 4.31.